The van der Waals surface area contributed by atoms with Crippen LogP contribution in [0.4, 0.5) is 4.39 Å². The number of carbonyl (C=O) groups is 2. The van der Waals surface area contributed by atoms with Crippen molar-refractivity contribution in [3.8, 4) is 5.75 Å². The molecule has 0 saturated carbocycles. The van der Waals surface area contributed by atoms with Gasteiger partial charge in [0.2, 0.25) is 5.91 Å². The van der Waals surface area contributed by atoms with Crippen LogP contribution in [-0.4, -0.2) is 53.6 Å². The number of methoxy groups -OCH3 is 1. The highest BCUT2D eigenvalue weighted by Gasteiger charge is 2.65. The van der Waals surface area contributed by atoms with Crippen LogP contribution in [0.15, 0.2) is 48.5 Å². The van der Waals surface area contributed by atoms with Gasteiger partial charge in [0.1, 0.15) is 11.6 Å². The third-order valence-electron chi connectivity index (χ3n) is 6.31. The van der Waals surface area contributed by atoms with Gasteiger partial charge >= 0.3 is 0 Å². The molecule has 2 aromatic carbocycles. The quantitative estimate of drug-likeness (QED) is 0.801. The highest BCUT2D eigenvalue weighted by molar-refractivity contribution is 5.96. The van der Waals surface area contributed by atoms with E-state index in [0.29, 0.717) is 25.3 Å². The second-order valence-corrected chi connectivity index (χ2v) is 7.66. The molecular weight excluding hydrogens is 375 g/mol. The lowest BCUT2D eigenvalue weighted by molar-refractivity contribution is -0.138. The van der Waals surface area contributed by atoms with Crippen molar-refractivity contribution in [2.24, 2.45) is 0 Å². The Balaban J connectivity index is 1.45. The van der Waals surface area contributed by atoms with Gasteiger partial charge in [0.15, 0.2) is 5.72 Å². The molecule has 2 aromatic rings. The first kappa shape index (κ1) is 18.1. The van der Waals surface area contributed by atoms with Crippen LogP contribution in [0.3, 0.4) is 0 Å². The SMILES string of the molecule is COc1ccc(C(=O)N2CC[C@@]34OC[C@@H](c5ccccc5)N3C(=O)C[C@@H]24)c(F)c1. The average Bonchev–Trinajstić information content (AvgIpc) is 3.37. The summed E-state index contributed by atoms with van der Waals surface area (Å²) >= 11 is 0. The van der Waals surface area contributed by atoms with Gasteiger partial charge in [-0.15, -0.1) is 0 Å². The summed E-state index contributed by atoms with van der Waals surface area (Å²) in [7, 11) is 1.44. The molecule has 0 bridgehead atoms. The van der Waals surface area contributed by atoms with Crippen LogP contribution < -0.4 is 4.74 Å². The number of nitrogens with zero attached hydrogens (tertiary/aromatic N) is 2. The number of ether oxygens (including phenoxy) is 2. The zero-order valence-electron chi connectivity index (χ0n) is 16.0. The van der Waals surface area contributed by atoms with Crippen LogP contribution in [0.2, 0.25) is 0 Å². The van der Waals surface area contributed by atoms with Crippen molar-refractivity contribution < 1.29 is 23.5 Å². The van der Waals surface area contributed by atoms with Crippen molar-refractivity contribution >= 4 is 11.8 Å². The largest absolute Gasteiger partial charge is 0.497 e. The molecule has 5 rings (SSSR count). The normalized spacial score (nSPS) is 27.9. The summed E-state index contributed by atoms with van der Waals surface area (Å²) in [6.07, 6.45) is 0.711. The monoisotopic (exact) mass is 396 g/mol. The number of hydrogen-bond acceptors (Lipinski definition) is 4. The highest BCUT2D eigenvalue weighted by atomic mass is 19.1. The Hall–Kier alpha value is -2.93. The average molecular weight is 396 g/mol. The van der Waals surface area contributed by atoms with E-state index in [4.69, 9.17) is 9.47 Å². The van der Waals surface area contributed by atoms with Crippen molar-refractivity contribution in [2.75, 3.05) is 20.3 Å². The van der Waals surface area contributed by atoms with Crippen LogP contribution >= 0.6 is 0 Å². The summed E-state index contributed by atoms with van der Waals surface area (Å²) in [6.45, 7) is 0.811. The van der Waals surface area contributed by atoms with Gasteiger partial charge in [-0.3, -0.25) is 9.59 Å². The van der Waals surface area contributed by atoms with Gasteiger partial charge in [-0.1, -0.05) is 30.3 Å². The van der Waals surface area contributed by atoms with E-state index in [-0.39, 0.29) is 23.9 Å². The predicted octanol–water partition coefficient (Wildman–Crippen LogP) is 2.75. The topological polar surface area (TPSA) is 59.1 Å². The Morgan fingerprint density at radius 2 is 2.03 bits per heavy atom. The minimum absolute atomic E-state index is 0.0219. The van der Waals surface area contributed by atoms with Gasteiger partial charge in [-0.2, -0.15) is 0 Å². The Labute approximate surface area is 167 Å². The Bertz CT molecular complexity index is 982. The summed E-state index contributed by atoms with van der Waals surface area (Å²) < 4.78 is 25.7. The zero-order chi connectivity index (χ0) is 20.2. The number of hydrogen-bond donors (Lipinski definition) is 0. The van der Waals surface area contributed by atoms with Crippen molar-refractivity contribution in [2.45, 2.75) is 30.7 Å². The number of likely N-dealkylation sites (tertiary alicyclic amines) is 1. The molecule has 3 aliphatic rings. The second kappa shape index (κ2) is 6.56. The molecule has 0 aromatic heterocycles. The third kappa shape index (κ3) is 2.57. The second-order valence-electron chi connectivity index (χ2n) is 7.66. The summed E-state index contributed by atoms with van der Waals surface area (Å²) in [5, 5.41) is 0. The molecule has 0 unspecified atom stereocenters. The number of amides is 2. The first-order chi connectivity index (χ1) is 14.0. The molecule has 0 N–H and O–H groups in total. The fourth-order valence-corrected chi connectivity index (χ4v) is 4.96. The maximum Gasteiger partial charge on any atom is 0.257 e. The van der Waals surface area contributed by atoms with Crippen molar-refractivity contribution in [1.82, 2.24) is 9.80 Å². The van der Waals surface area contributed by atoms with Gasteiger partial charge in [0.25, 0.3) is 5.91 Å². The maximum absolute atomic E-state index is 14.5. The number of rotatable bonds is 3. The van der Waals surface area contributed by atoms with E-state index in [9.17, 15) is 14.0 Å². The van der Waals surface area contributed by atoms with Crippen LogP contribution in [0, 0.1) is 5.82 Å². The minimum Gasteiger partial charge on any atom is -0.497 e. The standard InChI is InChI=1S/C22H21FN2O4/c1-28-15-7-8-16(17(23)11-15)21(27)24-10-9-22-19(24)12-20(26)25(22)18(13-29-22)14-5-3-2-4-6-14/h2-8,11,18-19H,9-10,12-13H2,1H3/t18-,19+,22-/m0/s1. The van der Waals surface area contributed by atoms with E-state index >= 15 is 0 Å². The van der Waals surface area contributed by atoms with E-state index in [1.54, 1.807) is 11.0 Å². The Kier molecular flexibility index (Phi) is 4.10. The fraction of sp³-hybridized carbons (Fsp3) is 0.364. The maximum atomic E-state index is 14.5. The molecule has 2 amide bonds. The lowest BCUT2D eigenvalue weighted by Crippen LogP contribution is -2.49. The van der Waals surface area contributed by atoms with Gasteiger partial charge < -0.3 is 19.3 Å². The molecule has 29 heavy (non-hydrogen) atoms. The Morgan fingerprint density at radius 3 is 2.76 bits per heavy atom. The molecule has 6 nitrogen and oxygen atoms in total. The molecule has 0 radical (unpaired) electrons. The number of carbonyl (C=O) groups excluding carboxylic acids is 2. The summed E-state index contributed by atoms with van der Waals surface area (Å²) in [5.74, 6) is -0.738. The molecule has 150 valence electrons. The van der Waals surface area contributed by atoms with Gasteiger partial charge in [-0.25, -0.2) is 4.39 Å². The number of halogens is 1. The highest BCUT2D eigenvalue weighted by Crippen LogP contribution is 2.51. The van der Waals surface area contributed by atoms with E-state index in [1.165, 1.54) is 19.2 Å². The van der Waals surface area contributed by atoms with Gasteiger partial charge in [0.05, 0.1) is 37.8 Å². The summed E-state index contributed by atoms with van der Waals surface area (Å²) in [4.78, 5) is 29.4. The van der Waals surface area contributed by atoms with Crippen LogP contribution in [0.1, 0.15) is 34.8 Å². The van der Waals surface area contributed by atoms with Crippen molar-refractivity contribution in [3.63, 3.8) is 0 Å². The zero-order valence-corrected chi connectivity index (χ0v) is 16.0. The van der Waals surface area contributed by atoms with Crippen LogP contribution in [0.5, 0.6) is 5.75 Å². The van der Waals surface area contributed by atoms with E-state index in [2.05, 4.69) is 0 Å². The molecule has 3 atom stereocenters. The molecule has 0 aliphatic carbocycles. The van der Waals surface area contributed by atoms with E-state index in [0.717, 1.165) is 5.56 Å². The third-order valence-corrected chi connectivity index (χ3v) is 6.31. The Morgan fingerprint density at radius 1 is 1.24 bits per heavy atom. The molecule has 3 fully saturated rings. The molecule has 1 spiro atoms. The van der Waals surface area contributed by atoms with Crippen LogP contribution in [-0.2, 0) is 9.53 Å². The molecule has 3 saturated heterocycles. The number of benzene rings is 2. The lowest BCUT2D eigenvalue weighted by atomic mass is 10.0. The molecular formula is C22H21FN2O4. The lowest BCUT2D eigenvalue weighted by Gasteiger charge is -2.33. The molecule has 3 heterocycles. The summed E-state index contributed by atoms with van der Waals surface area (Å²) in [6, 6.07) is 13.4. The van der Waals surface area contributed by atoms with Gasteiger partial charge in [-0.05, 0) is 17.7 Å². The van der Waals surface area contributed by atoms with E-state index in [1.807, 2.05) is 35.2 Å². The minimum atomic E-state index is -0.823. The van der Waals surface area contributed by atoms with Gasteiger partial charge in [0, 0.05) is 19.0 Å². The molecule has 3 aliphatic heterocycles. The molecule has 7 heteroatoms. The smallest absolute Gasteiger partial charge is 0.257 e. The predicted molar refractivity (Wildman–Crippen MR) is 102 cm³/mol. The van der Waals surface area contributed by atoms with Crippen LogP contribution in [0.25, 0.3) is 0 Å². The van der Waals surface area contributed by atoms with Crippen molar-refractivity contribution in [3.05, 3.63) is 65.5 Å². The van der Waals surface area contributed by atoms with Crippen molar-refractivity contribution in [1.29, 1.82) is 0 Å². The fourth-order valence-electron chi connectivity index (χ4n) is 4.96. The first-order valence-corrected chi connectivity index (χ1v) is 9.71. The van der Waals surface area contributed by atoms with E-state index < -0.39 is 23.5 Å². The first-order valence-electron chi connectivity index (χ1n) is 9.71. The summed E-state index contributed by atoms with van der Waals surface area (Å²) in [5.41, 5.74) is 0.173.